The number of hydrogen-bond acceptors (Lipinski definition) is 6. The summed E-state index contributed by atoms with van der Waals surface area (Å²) in [6.45, 7) is 8.06. The number of carbonyl (C=O) groups excluding carboxylic acids is 1. The normalized spacial score (nSPS) is 28.7. The zero-order valence-corrected chi connectivity index (χ0v) is 19.2. The van der Waals surface area contributed by atoms with Crippen molar-refractivity contribution in [3.63, 3.8) is 0 Å². The Balaban J connectivity index is 1.24. The van der Waals surface area contributed by atoms with Crippen LogP contribution in [0.1, 0.15) is 31.2 Å². The predicted molar refractivity (Wildman–Crippen MR) is 121 cm³/mol. The molecule has 0 saturated carbocycles. The minimum Gasteiger partial charge on any atom is -0.481 e. The first-order valence-corrected chi connectivity index (χ1v) is 11.9. The second-order valence-electron chi connectivity index (χ2n) is 9.66. The van der Waals surface area contributed by atoms with Gasteiger partial charge in [-0.3, -0.25) is 14.6 Å². The predicted octanol–water partition coefficient (Wildman–Crippen LogP) is 2.06. The first kappa shape index (κ1) is 23.2. The molecule has 3 aliphatic rings. The number of cyclic esters (lactones) is 1. The maximum absolute atomic E-state index is 12.9. The highest BCUT2D eigenvalue weighted by Gasteiger charge is 2.53. The summed E-state index contributed by atoms with van der Waals surface area (Å²) in [6, 6.07) is 10.9. The van der Waals surface area contributed by atoms with Gasteiger partial charge < -0.3 is 14.7 Å². The van der Waals surface area contributed by atoms with Crippen LogP contribution in [0.4, 0.5) is 4.79 Å². The summed E-state index contributed by atoms with van der Waals surface area (Å²) in [7, 11) is 2.06. The number of piperazine rings is 1. The number of likely N-dealkylation sites (N-methyl/N-ethyl adjacent to an activating group) is 1. The van der Waals surface area contributed by atoms with Gasteiger partial charge in [-0.1, -0.05) is 30.3 Å². The van der Waals surface area contributed by atoms with Gasteiger partial charge >= 0.3 is 12.1 Å². The zero-order chi connectivity index (χ0) is 22.6. The first-order valence-electron chi connectivity index (χ1n) is 11.9. The van der Waals surface area contributed by atoms with E-state index in [1.807, 2.05) is 0 Å². The zero-order valence-electron chi connectivity index (χ0n) is 19.2. The third-order valence-corrected chi connectivity index (χ3v) is 7.48. The van der Waals surface area contributed by atoms with Crippen LogP contribution in [0.25, 0.3) is 0 Å². The molecule has 1 amide bonds. The fourth-order valence-electron chi connectivity index (χ4n) is 5.38. The standard InChI is InChI=1S/C24H36N4O4/c1-28(21-9-12-26(13-10-21)18-20-6-3-2-4-7-20)19-22(32-24(28)31)27-16-14-25(15-17-27)11-5-8-23(29)30/h2-4,6-7,21-22H,5,8-19H2,1H3/p+1. The number of hydrogen-bond donors (Lipinski definition) is 1. The third-order valence-electron chi connectivity index (χ3n) is 7.48. The molecule has 176 valence electrons. The molecule has 3 aliphatic heterocycles. The quantitative estimate of drug-likeness (QED) is 0.614. The molecule has 3 fully saturated rings. The summed E-state index contributed by atoms with van der Waals surface area (Å²) in [4.78, 5) is 30.7. The molecule has 1 aromatic carbocycles. The van der Waals surface area contributed by atoms with E-state index in [2.05, 4.69) is 52.1 Å². The SMILES string of the molecule is C[N+]1(C2CCN(Cc3ccccc3)CC2)CC(N2CCN(CCCC(=O)O)CC2)OC1=O. The maximum atomic E-state index is 12.9. The molecule has 0 aliphatic carbocycles. The monoisotopic (exact) mass is 445 g/mol. The average molecular weight is 446 g/mol. The van der Waals surface area contributed by atoms with Gasteiger partial charge in [0.1, 0.15) is 12.6 Å². The molecule has 3 saturated heterocycles. The Hall–Kier alpha value is -2.00. The molecule has 0 bridgehead atoms. The number of carboxylic acids is 1. The van der Waals surface area contributed by atoms with Gasteiger partial charge in [-0.05, 0) is 18.5 Å². The van der Waals surface area contributed by atoms with E-state index in [1.165, 1.54) is 5.56 Å². The van der Waals surface area contributed by atoms with Crippen molar-refractivity contribution in [2.45, 2.75) is 44.5 Å². The number of quaternary nitrogens is 1. The molecular formula is C24H37N4O4+. The lowest BCUT2D eigenvalue weighted by molar-refractivity contribution is -0.852. The minimum absolute atomic E-state index is 0.0830. The lowest BCUT2D eigenvalue weighted by Crippen LogP contribution is -2.58. The Labute approximate surface area is 190 Å². The molecule has 0 radical (unpaired) electrons. The fraction of sp³-hybridized carbons (Fsp3) is 0.667. The number of piperidine rings is 1. The van der Waals surface area contributed by atoms with Crippen LogP contribution in [0.2, 0.25) is 0 Å². The van der Waals surface area contributed by atoms with E-state index in [1.54, 1.807) is 0 Å². The number of carboxylic acid groups (broad SMARTS) is 1. The van der Waals surface area contributed by atoms with Crippen LogP contribution >= 0.6 is 0 Å². The summed E-state index contributed by atoms with van der Waals surface area (Å²) in [6.07, 6.45) is 2.72. The minimum atomic E-state index is -0.732. The number of carbonyl (C=O) groups is 2. The van der Waals surface area contributed by atoms with Gasteiger partial charge in [-0.2, -0.15) is 4.79 Å². The molecule has 8 heteroatoms. The van der Waals surface area contributed by atoms with Crippen molar-refractivity contribution < 1.29 is 23.9 Å². The number of aliphatic carboxylic acids is 1. The molecule has 8 nitrogen and oxygen atoms in total. The van der Waals surface area contributed by atoms with E-state index in [-0.39, 0.29) is 18.7 Å². The second-order valence-corrected chi connectivity index (χ2v) is 9.66. The molecule has 0 aromatic heterocycles. The second kappa shape index (κ2) is 10.3. The van der Waals surface area contributed by atoms with E-state index in [0.717, 1.165) is 71.7 Å². The van der Waals surface area contributed by atoms with Crippen molar-refractivity contribution in [1.29, 1.82) is 0 Å². The number of amides is 1. The van der Waals surface area contributed by atoms with Gasteiger partial charge in [-0.25, -0.2) is 4.48 Å². The highest BCUT2D eigenvalue weighted by Crippen LogP contribution is 2.31. The smallest absolute Gasteiger partial charge is 0.481 e. The topological polar surface area (TPSA) is 73.3 Å². The summed E-state index contributed by atoms with van der Waals surface area (Å²) >= 11 is 0. The summed E-state index contributed by atoms with van der Waals surface area (Å²) in [5.74, 6) is -0.732. The lowest BCUT2D eigenvalue weighted by Gasteiger charge is -2.40. The molecule has 2 unspecified atom stereocenters. The third kappa shape index (κ3) is 5.49. The van der Waals surface area contributed by atoms with E-state index >= 15 is 0 Å². The largest absolute Gasteiger partial charge is 0.517 e. The highest BCUT2D eigenvalue weighted by atomic mass is 16.6. The Morgan fingerprint density at radius 3 is 2.41 bits per heavy atom. The molecule has 32 heavy (non-hydrogen) atoms. The number of rotatable bonds is 8. The van der Waals surface area contributed by atoms with Gasteiger partial charge in [0.25, 0.3) is 0 Å². The average Bonchev–Trinajstić information content (AvgIpc) is 3.10. The Morgan fingerprint density at radius 1 is 1.06 bits per heavy atom. The summed E-state index contributed by atoms with van der Waals surface area (Å²) in [5.41, 5.74) is 1.34. The Morgan fingerprint density at radius 2 is 1.75 bits per heavy atom. The van der Waals surface area contributed by atoms with E-state index in [4.69, 9.17) is 9.84 Å². The molecule has 4 rings (SSSR count). The number of likely N-dealkylation sites (tertiary alicyclic amines) is 1. The van der Waals surface area contributed by atoms with Gasteiger partial charge in [0.05, 0.1) is 7.05 Å². The van der Waals surface area contributed by atoms with Crippen molar-refractivity contribution in [2.24, 2.45) is 0 Å². The Bertz CT molecular complexity index is 775. The van der Waals surface area contributed by atoms with E-state index in [9.17, 15) is 9.59 Å². The number of nitrogens with zero attached hydrogens (tertiary/aromatic N) is 4. The van der Waals surface area contributed by atoms with Crippen molar-refractivity contribution in [3.05, 3.63) is 35.9 Å². The molecular weight excluding hydrogens is 408 g/mol. The van der Waals surface area contributed by atoms with Crippen LogP contribution in [0, 0.1) is 0 Å². The molecule has 2 atom stereocenters. The Kier molecular flexibility index (Phi) is 7.45. The van der Waals surface area contributed by atoms with Crippen molar-refractivity contribution in [1.82, 2.24) is 14.7 Å². The number of ether oxygens (including phenoxy) is 1. The van der Waals surface area contributed by atoms with Crippen molar-refractivity contribution >= 4 is 12.1 Å². The lowest BCUT2D eigenvalue weighted by atomic mass is 10.0. The fourth-order valence-corrected chi connectivity index (χ4v) is 5.38. The first-order chi connectivity index (χ1) is 15.4. The van der Waals surface area contributed by atoms with Crippen LogP contribution in [-0.4, -0.2) is 108 Å². The summed E-state index contributed by atoms with van der Waals surface area (Å²) in [5, 5.41) is 8.81. The van der Waals surface area contributed by atoms with Crippen LogP contribution in [0.15, 0.2) is 30.3 Å². The van der Waals surface area contributed by atoms with Crippen molar-refractivity contribution in [3.8, 4) is 0 Å². The summed E-state index contributed by atoms with van der Waals surface area (Å²) < 4.78 is 6.28. The molecule has 1 aromatic rings. The van der Waals surface area contributed by atoms with Gasteiger partial charge in [0.2, 0.25) is 6.23 Å². The van der Waals surface area contributed by atoms with E-state index in [0.29, 0.717) is 16.9 Å². The van der Waals surface area contributed by atoms with Crippen LogP contribution in [0.5, 0.6) is 0 Å². The van der Waals surface area contributed by atoms with Gasteiger partial charge in [-0.15, -0.1) is 0 Å². The van der Waals surface area contributed by atoms with Crippen LogP contribution in [0.3, 0.4) is 0 Å². The molecule has 1 N–H and O–H groups in total. The maximum Gasteiger partial charge on any atom is 0.517 e. The number of benzene rings is 1. The highest BCUT2D eigenvalue weighted by molar-refractivity contribution is 5.66. The van der Waals surface area contributed by atoms with Gasteiger partial charge in [0, 0.05) is 65.1 Å². The van der Waals surface area contributed by atoms with Crippen LogP contribution in [-0.2, 0) is 16.1 Å². The van der Waals surface area contributed by atoms with Gasteiger partial charge in [0.15, 0.2) is 0 Å². The van der Waals surface area contributed by atoms with Crippen LogP contribution < -0.4 is 0 Å². The van der Waals surface area contributed by atoms with Crippen molar-refractivity contribution in [2.75, 3.05) is 59.4 Å². The van der Waals surface area contributed by atoms with E-state index < -0.39 is 5.97 Å². The molecule has 0 spiro atoms. The molecule has 3 heterocycles.